The summed E-state index contributed by atoms with van der Waals surface area (Å²) in [6.07, 6.45) is -3.39. The molecule has 0 spiro atoms. The average Bonchev–Trinajstić information content (AvgIpc) is 2.54. The first kappa shape index (κ1) is 17.5. The van der Waals surface area contributed by atoms with Crippen LogP contribution in [-0.2, 0) is 11.0 Å². The average molecular weight is 340 g/mol. The molecule has 0 saturated carbocycles. The summed E-state index contributed by atoms with van der Waals surface area (Å²) >= 11 is 0. The number of hydrogen-bond donors (Lipinski definition) is 1. The molecule has 8 heteroatoms. The molecule has 126 valence electrons. The Kier molecular flexibility index (Phi) is 5.51. The summed E-state index contributed by atoms with van der Waals surface area (Å²) in [5.74, 6) is -1.38. The standard InChI is InChI=1S/C16H12F4N2O2/c17-13-6-1-2-7-14(13)24-10-15(23)22-21-9-11-4-3-5-12(8-11)16(18,19)20/h1-9H,10H2,(H,22,23)/b21-9+. The molecule has 2 aromatic carbocycles. The van der Waals surface area contributed by atoms with Gasteiger partial charge in [-0.15, -0.1) is 0 Å². The number of hydrazone groups is 1. The van der Waals surface area contributed by atoms with Crippen molar-refractivity contribution in [3.8, 4) is 5.75 Å². The highest BCUT2D eigenvalue weighted by molar-refractivity contribution is 5.83. The molecule has 0 aliphatic heterocycles. The van der Waals surface area contributed by atoms with E-state index in [0.717, 1.165) is 18.3 Å². The van der Waals surface area contributed by atoms with Crippen LogP contribution in [0.2, 0.25) is 0 Å². The molecule has 0 aliphatic carbocycles. The largest absolute Gasteiger partial charge is 0.481 e. The molecule has 0 atom stereocenters. The number of nitrogens with zero attached hydrogens (tertiary/aromatic N) is 1. The van der Waals surface area contributed by atoms with Crippen molar-refractivity contribution in [3.05, 3.63) is 65.5 Å². The third kappa shape index (κ3) is 5.08. The normalized spacial score (nSPS) is 11.5. The third-order valence-corrected chi connectivity index (χ3v) is 2.81. The van der Waals surface area contributed by atoms with Gasteiger partial charge in [-0.3, -0.25) is 4.79 Å². The molecule has 0 unspecified atom stereocenters. The molecule has 0 heterocycles. The monoisotopic (exact) mass is 340 g/mol. The van der Waals surface area contributed by atoms with E-state index in [1.165, 1.54) is 30.3 Å². The van der Waals surface area contributed by atoms with E-state index in [9.17, 15) is 22.4 Å². The van der Waals surface area contributed by atoms with E-state index in [-0.39, 0.29) is 11.3 Å². The number of ether oxygens (including phenoxy) is 1. The zero-order valence-electron chi connectivity index (χ0n) is 12.2. The van der Waals surface area contributed by atoms with Crippen LogP contribution in [0.1, 0.15) is 11.1 Å². The number of benzene rings is 2. The van der Waals surface area contributed by atoms with E-state index in [1.54, 1.807) is 6.07 Å². The fourth-order valence-corrected chi connectivity index (χ4v) is 1.71. The molecular formula is C16H12F4N2O2. The predicted octanol–water partition coefficient (Wildman–Crippen LogP) is 3.37. The van der Waals surface area contributed by atoms with E-state index in [1.807, 2.05) is 0 Å². The first-order chi connectivity index (χ1) is 11.4. The van der Waals surface area contributed by atoms with Crippen LogP contribution < -0.4 is 10.2 Å². The molecule has 24 heavy (non-hydrogen) atoms. The molecular weight excluding hydrogens is 328 g/mol. The number of rotatable bonds is 5. The Hall–Kier alpha value is -2.90. The number of carbonyl (C=O) groups is 1. The van der Waals surface area contributed by atoms with Gasteiger partial charge in [0.1, 0.15) is 0 Å². The molecule has 1 amide bonds. The quantitative estimate of drug-likeness (QED) is 0.515. The van der Waals surface area contributed by atoms with Crippen LogP contribution in [0.4, 0.5) is 17.6 Å². The van der Waals surface area contributed by atoms with Crippen LogP contribution >= 0.6 is 0 Å². The van der Waals surface area contributed by atoms with E-state index in [0.29, 0.717) is 0 Å². The van der Waals surface area contributed by atoms with Crippen molar-refractivity contribution in [1.29, 1.82) is 0 Å². The molecule has 1 N–H and O–H groups in total. The van der Waals surface area contributed by atoms with Crippen LogP contribution in [0, 0.1) is 5.82 Å². The lowest BCUT2D eigenvalue weighted by atomic mass is 10.1. The van der Waals surface area contributed by atoms with Crippen LogP contribution in [-0.4, -0.2) is 18.7 Å². The number of hydrogen-bond acceptors (Lipinski definition) is 3. The molecule has 0 aromatic heterocycles. The fourth-order valence-electron chi connectivity index (χ4n) is 1.71. The third-order valence-electron chi connectivity index (χ3n) is 2.81. The zero-order valence-corrected chi connectivity index (χ0v) is 12.2. The van der Waals surface area contributed by atoms with Crippen molar-refractivity contribution < 1.29 is 27.1 Å². The van der Waals surface area contributed by atoms with E-state index in [4.69, 9.17) is 4.74 Å². The van der Waals surface area contributed by atoms with Crippen molar-refractivity contribution in [3.63, 3.8) is 0 Å². The second-order valence-corrected chi connectivity index (χ2v) is 4.64. The SMILES string of the molecule is O=C(COc1ccccc1F)N/N=C/c1cccc(C(F)(F)F)c1. The van der Waals surface area contributed by atoms with Crippen LogP contribution in [0.15, 0.2) is 53.6 Å². The highest BCUT2D eigenvalue weighted by Crippen LogP contribution is 2.29. The highest BCUT2D eigenvalue weighted by atomic mass is 19.4. The molecule has 0 saturated heterocycles. The summed E-state index contributed by atoms with van der Waals surface area (Å²) in [6.45, 7) is -0.485. The number of halogens is 4. The lowest BCUT2D eigenvalue weighted by molar-refractivity contribution is -0.137. The van der Waals surface area contributed by atoms with Gasteiger partial charge in [0.05, 0.1) is 11.8 Å². The summed E-state index contributed by atoms with van der Waals surface area (Å²) in [5.41, 5.74) is 1.43. The Morgan fingerprint density at radius 1 is 1.17 bits per heavy atom. The van der Waals surface area contributed by atoms with Gasteiger partial charge in [-0.1, -0.05) is 24.3 Å². The summed E-state index contributed by atoms with van der Waals surface area (Å²) in [5, 5.41) is 3.53. The van der Waals surface area contributed by atoms with Gasteiger partial charge in [0.15, 0.2) is 18.2 Å². The molecule has 0 radical (unpaired) electrons. The van der Waals surface area contributed by atoms with Crippen molar-refractivity contribution in [2.45, 2.75) is 6.18 Å². The smallest absolute Gasteiger partial charge is 0.416 e. The molecule has 4 nitrogen and oxygen atoms in total. The maximum Gasteiger partial charge on any atom is 0.416 e. The van der Waals surface area contributed by atoms with Gasteiger partial charge in [0.2, 0.25) is 0 Å². The molecule has 0 aliphatic rings. The Labute approximate surface area is 134 Å². The number of nitrogens with one attached hydrogen (secondary N) is 1. The first-order valence-corrected chi connectivity index (χ1v) is 6.73. The Bertz CT molecular complexity index is 745. The Balaban J connectivity index is 1.88. The zero-order chi connectivity index (χ0) is 17.6. The van der Waals surface area contributed by atoms with Crippen LogP contribution in [0.3, 0.4) is 0 Å². The van der Waals surface area contributed by atoms with Gasteiger partial charge in [0.25, 0.3) is 5.91 Å². The highest BCUT2D eigenvalue weighted by Gasteiger charge is 2.30. The lowest BCUT2D eigenvalue weighted by Gasteiger charge is -2.07. The minimum atomic E-state index is -4.46. The molecule has 0 fully saturated rings. The predicted molar refractivity (Wildman–Crippen MR) is 79.1 cm³/mol. The van der Waals surface area contributed by atoms with Gasteiger partial charge >= 0.3 is 6.18 Å². The minimum absolute atomic E-state index is 0.0884. The maximum absolute atomic E-state index is 13.3. The summed E-state index contributed by atoms with van der Waals surface area (Å²) < 4.78 is 55.9. The van der Waals surface area contributed by atoms with Crippen LogP contribution in [0.5, 0.6) is 5.75 Å². The van der Waals surface area contributed by atoms with Gasteiger partial charge in [-0.2, -0.15) is 18.3 Å². The van der Waals surface area contributed by atoms with Crippen molar-refractivity contribution in [2.24, 2.45) is 5.10 Å². The van der Waals surface area contributed by atoms with E-state index >= 15 is 0 Å². The molecule has 0 bridgehead atoms. The van der Waals surface area contributed by atoms with Crippen molar-refractivity contribution in [2.75, 3.05) is 6.61 Å². The van der Waals surface area contributed by atoms with E-state index < -0.39 is 30.1 Å². The second kappa shape index (κ2) is 7.58. The molecule has 2 aromatic rings. The summed E-state index contributed by atoms with van der Waals surface area (Å²) in [7, 11) is 0. The fraction of sp³-hybridized carbons (Fsp3) is 0.125. The first-order valence-electron chi connectivity index (χ1n) is 6.73. The summed E-state index contributed by atoms with van der Waals surface area (Å²) in [4.78, 5) is 11.5. The van der Waals surface area contributed by atoms with Crippen molar-refractivity contribution in [1.82, 2.24) is 5.43 Å². The number of para-hydroxylation sites is 1. The van der Waals surface area contributed by atoms with Gasteiger partial charge in [-0.25, -0.2) is 9.82 Å². The lowest BCUT2D eigenvalue weighted by Crippen LogP contribution is -2.24. The van der Waals surface area contributed by atoms with Gasteiger partial charge in [0, 0.05) is 0 Å². The van der Waals surface area contributed by atoms with E-state index in [2.05, 4.69) is 10.5 Å². The van der Waals surface area contributed by atoms with Crippen molar-refractivity contribution >= 4 is 12.1 Å². The topological polar surface area (TPSA) is 50.7 Å². The minimum Gasteiger partial charge on any atom is -0.481 e. The van der Waals surface area contributed by atoms with Gasteiger partial charge < -0.3 is 4.74 Å². The number of amides is 1. The van der Waals surface area contributed by atoms with Crippen LogP contribution in [0.25, 0.3) is 0 Å². The molecule has 2 rings (SSSR count). The number of carbonyl (C=O) groups excluding carboxylic acids is 1. The Morgan fingerprint density at radius 3 is 2.62 bits per heavy atom. The second-order valence-electron chi connectivity index (χ2n) is 4.64. The Morgan fingerprint density at radius 2 is 1.92 bits per heavy atom. The van der Waals surface area contributed by atoms with Gasteiger partial charge in [-0.05, 0) is 29.8 Å². The number of alkyl halides is 3. The summed E-state index contributed by atoms with van der Waals surface area (Å²) in [6, 6.07) is 10.0. The maximum atomic E-state index is 13.3.